The molecule has 0 saturated carbocycles. The van der Waals surface area contributed by atoms with Crippen LogP contribution in [0.4, 0.5) is 0 Å². The fourth-order valence-electron chi connectivity index (χ4n) is 1.37. The van der Waals surface area contributed by atoms with Crippen LogP contribution in [0.1, 0.15) is 25.8 Å². The van der Waals surface area contributed by atoms with E-state index in [9.17, 15) is 0 Å². The summed E-state index contributed by atoms with van der Waals surface area (Å²) >= 11 is 3.39. The summed E-state index contributed by atoms with van der Waals surface area (Å²) in [5, 5.41) is 1.65. The molecule has 0 radical (unpaired) electrons. The first kappa shape index (κ1) is 14.1. The lowest BCUT2D eigenvalue weighted by atomic mass is 10.1. The highest BCUT2D eigenvalue weighted by Crippen LogP contribution is 2.14. The molecule has 1 aromatic rings. The number of hydrogen-bond donors (Lipinski definition) is 2. The molecule has 17 heavy (non-hydrogen) atoms. The Morgan fingerprint density at radius 2 is 1.94 bits per heavy atom. The second-order valence-electron chi connectivity index (χ2n) is 4.51. The number of nitrogens with two attached hydrogens (primary N) is 2. The number of benzene rings is 1. The van der Waals surface area contributed by atoms with Crippen molar-refractivity contribution >= 4 is 21.6 Å². The Labute approximate surface area is 112 Å². The zero-order chi connectivity index (χ0) is 12.8. The van der Waals surface area contributed by atoms with Crippen LogP contribution < -0.4 is 11.6 Å². The van der Waals surface area contributed by atoms with Gasteiger partial charge in [-0.2, -0.15) is 0 Å². The Bertz CT molecular complexity index is 371. The van der Waals surface area contributed by atoms with Gasteiger partial charge in [-0.05, 0) is 30.0 Å². The van der Waals surface area contributed by atoms with Crippen molar-refractivity contribution in [3.05, 3.63) is 40.5 Å². The fraction of sp³-hybridized carbons (Fsp3) is 0.385. The minimum atomic E-state index is 0.642. The van der Waals surface area contributed by atoms with Crippen molar-refractivity contribution in [3.63, 3.8) is 0 Å². The normalized spacial score (nSPS) is 11.9. The molecule has 0 atom stereocenters. The molecule has 0 amide bonds. The standard InChI is InChI=1S/C13H20BrN3/c1-10(2)7-8-17(16)9-13(15)11-3-5-12(14)6-4-11/h3-6,9-10H,7-8,15-16H2,1-2H3/b13-9-. The molecule has 0 heterocycles. The van der Waals surface area contributed by atoms with Gasteiger partial charge in [-0.15, -0.1) is 0 Å². The summed E-state index contributed by atoms with van der Waals surface area (Å²) in [7, 11) is 0. The van der Waals surface area contributed by atoms with E-state index in [1.165, 1.54) is 0 Å². The first-order valence-corrected chi connectivity index (χ1v) is 6.53. The molecule has 0 aliphatic heterocycles. The summed E-state index contributed by atoms with van der Waals surface area (Å²) in [4.78, 5) is 0. The summed E-state index contributed by atoms with van der Waals surface area (Å²) in [5.41, 5.74) is 7.64. The molecule has 1 aromatic carbocycles. The van der Waals surface area contributed by atoms with Gasteiger partial charge in [0.25, 0.3) is 0 Å². The Kier molecular flexibility index (Phi) is 5.51. The topological polar surface area (TPSA) is 55.3 Å². The highest BCUT2D eigenvalue weighted by atomic mass is 79.9. The predicted octanol–water partition coefficient (Wildman–Crippen LogP) is 2.93. The van der Waals surface area contributed by atoms with Gasteiger partial charge in [-0.3, -0.25) is 0 Å². The van der Waals surface area contributed by atoms with Crippen LogP contribution in [-0.2, 0) is 0 Å². The quantitative estimate of drug-likeness (QED) is 0.649. The highest BCUT2D eigenvalue weighted by molar-refractivity contribution is 9.10. The molecule has 4 N–H and O–H groups in total. The molecule has 3 nitrogen and oxygen atoms in total. The lowest BCUT2D eigenvalue weighted by Crippen LogP contribution is -2.28. The smallest absolute Gasteiger partial charge is 0.0564 e. The van der Waals surface area contributed by atoms with E-state index >= 15 is 0 Å². The third kappa shape index (κ3) is 5.24. The van der Waals surface area contributed by atoms with E-state index in [-0.39, 0.29) is 0 Å². The maximum absolute atomic E-state index is 5.98. The van der Waals surface area contributed by atoms with Crippen molar-refractivity contribution in [1.29, 1.82) is 0 Å². The van der Waals surface area contributed by atoms with Crippen molar-refractivity contribution in [2.45, 2.75) is 20.3 Å². The van der Waals surface area contributed by atoms with Crippen molar-refractivity contribution in [2.24, 2.45) is 17.5 Å². The van der Waals surface area contributed by atoms with Gasteiger partial charge < -0.3 is 10.7 Å². The summed E-state index contributed by atoms with van der Waals surface area (Å²) in [6.45, 7) is 5.17. The zero-order valence-corrected chi connectivity index (χ0v) is 11.9. The maximum Gasteiger partial charge on any atom is 0.0564 e. The van der Waals surface area contributed by atoms with Crippen LogP contribution in [-0.4, -0.2) is 11.6 Å². The summed E-state index contributed by atoms with van der Waals surface area (Å²) in [5.74, 6) is 6.50. The molecule has 1 rings (SSSR count). The van der Waals surface area contributed by atoms with Crippen molar-refractivity contribution < 1.29 is 0 Å². The van der Waals surface area contributed by atoms with Gasteiger partial charge in [0, 0.05) is 17.2 Å². The third-order valence-electron chi connectivity index (χ3n) is 2.45. The second kappa shape index (κ2) is 6.67. The van der Waals surface area contributed by atoms with Gasteiger partial charge in [-0.1, -0.05) is 41.9 Å². The average Bonchev–Trinajstić information content (AvgIpc) is 2.27. The maximum atomic E-state index is 5.98. The molecular weight excluding hydrogens is 278 g/mol. The van der Waals surface area contributed by atoms with Gasteiger partial charge in [0.15, 0.2) is 0 Å². The number of rotatable bonds is 5. The Hall–Kier alpha value is -1.000. The van der Waals surface area contributed by atoms with E-state index in [1.54, 1.807) is 11.2 Å². The minimum absolute atomic E-state index is 0.642. The highest BCUT2D eigenvalue weighted by Gasteiger charge is 2.00. The van der Waals surface area contributed by atoms with Crippen molar-refractivity contribution in [2.75, 3.05) is 6.54 Å². The van der Waals surface area contributed by atoms with E-state index in [2.05, 4.69) is 29.8 Å². The first-order chi connectivity index (χ1) is 7.99. The van der Waals surface area contributed by atoms with Gasteiger partial charge in [-0.25, -0.2) is 5.84 Å². The summed E-state index contributed by atoms with van der Waals surface area (Å²) in [6, 6.07) is 7.86. The molecule has 0 aliphatic carbocycles. The van der Waals surface area contributed by atoms with Gasteiger partial charge >= 0.3 is 0 Å². The van der Waals surface area contributed by atoms with Gasteiger partial charge in [0.2, 0.25) is 0 Å². The summed E-state index contributed by atoms with van der Waals surface area (Å²) < 4.78 is 1.04. The molecule has 0 bridgehead atoms. The first-order valence-electron chi connectivity index (χ1n) is 5.73. The van der Waals surface area contributed by atoms with Crippen molar-refractivity contribution in [3.8, 4) is 0 Å². The second-order valence-corrected chi connectivity index (χ2v) is 5.43. The summed E-state index contributed by atoms with van der Waals surface area (Å²) in [6.07, 6.45) is 2.84. The van der Waals surface area contributed by atoms with E-state index in [4.69, 9.17) is 11.6 Å². The van der Waals surface area contributed by atoms with E-state index in [1.807, 2.05) is 24.3 Å². The van der Waals surface area contributed by atoms with Crippen LogP contribution in [0.15, 0.2) is 34.9 Å². The Balaban J connectivity index is 2.62. The number of nitrogens with zero attached hydrogens (tertiary/aromatic N) is 1. The van der Waals surface area contributed by atoms with E-state index < -0.39 is 0 Å². The molecule has 0 aliphatic rings. The lowest BCUT2D eigenvalue weighted by molar-refractivity contribution is 0.359. The average molecular weight is 298 g/mol. The number of hydrogen-bond acceptors (Lipinski definition) is 3. The Morgan fingerprint density at radius 1 is 1.35 bits per heavy atom. The third-order valence-corrected chi connectivity index (χ3v) is 2.98. The molecule has 0 spiro atoms. The Morgan fingerprint density at radius 3 is 2.47 bits per heavy atom. The predicted molar refractivity (Wildman–Crippen MR) is 76.7 cm³/mol. The lowest BCUT2D eigenvalue weighted by Gasteiger charge is -2.16. The number of halogens is 1. The molecular formula is C13H20BrN3. The molecule has 4 heteroatoms. The largest absolute Gasteiger partial charge is 0.397 e. The molecule has 0 fully saturated rings. The molecule has 94 valence electrons. The fourth-order valence-corrected chi connectivity index (χ4v) is 1.63. The van der Waals surface area contributed by atoms with Crippen LogP contribution in [0, 0.1) is 5.92 Å². The van der Waals surface area contributed by atoms with Crippen LogP contribution >= 0.6 is 15.9 Å². The van der Waals surface area contributed by atoms with Crippen LogP contribution in [0.25, 0.3) is 5.70 Å². The SMILES string of the molecule is CC(C)CCN(N)/C=C(\N)c1ccc(Br)cc1. The number of hydrazine groups is 1. The monoisotopic (exact) mass is 297 g/mol. The molecule has 0 unspecified atom stereocenters. The minimum Gasteiger partial charge on any atom is -0.397 e. The van der Waals surface area contributed by atoms with Crippen molar-refractivity contribution in [1.82, 2.24) is 5.01 Å². The van der Waals surface area contributed by atoms with E-state index in [0.717, 1.165) is 23.0 Å². The van der Waals surface area contributed by atoms with E-state index in [0.29, 0.717) is 11.6 Å². The zero-order valence-electron chi connectivity index (χ0n) is 10.4. The van der Waals surface area contributed by atoms with Crippen LogP contribution in [0.2, 0.25) is 0 Å². The molecule has 0 saturated heterocycles. The molecule has 0 aromatic heterocycles. The van der Waals surface area contributed by atoms with Gasteiger partial charge in [0.05, 0.1) is 5.70 Å². The van der Waals surface area contributed by atoms with Crippen LogP contribution in [0.5, 0.6) is 0 Å². The van der Waals surface area contributed by atoms with Gasteiger partial charge in [0.1, 0.15) is 0 Å². The van der Waals surface area contributed by atoms with Crippen LogP contribution in [0.3, 0.4) is 0 Å².